The number of hydrogen-bond donors (Lipinski definition) is 0. The van der Waals surface area contributed by atoms with Crippen molar-refractivity contribution in [2.45, 2.75) is 27.3 Å². The Morgan fingerprint density at radius 1 is 0.971 bits per heavy atom. The van der Waals surface area contributed by atoms with Gasteiger partial charge in [-0.3, -0.25) is 19.3 Å². The number of carbonyl (C=O) groups is 2. The zero-order valence-corrected chi connectivity index (χ0v) is 20.1. The van der Waals surface area contributed by atoms with E-state index in [-0.39, 0.29) is 17.4 Å². The molecule has 0 radical (unpaired) electrons. The third-order valence-electron chi connectivity index (χ3n) is 6.45. The van der Waals surface area contributed by atoms with E-state index in [1.807, 2.05) is 60.6 Å². The molecule has 1 fully saturated rings. The second-order valence-corrected chi connectivity index (χ2v) is 8.45. The molecule has 0 saturated carbocycles. The first kappa shape index (κ1) is 23.7. The van der Waals surface area contributed by atoms with Gasteiger partial charge >= 0.3 is 0 Å². The Morgan fingerprint density at radius 3 is 2.26 bits per heavy atom. The van der Waals surface area contributed by atoms with E-state index in [0.717, 1.165) is 0 Å². The first-order chi connectivity index (χ1) is 16.5. The molecule has 0 N–H and O–H groups in total. The highest BCUT2D eigenvalue weighted by molar-refractivity contribution is 6.00. The smallest absolute Gasteiger partial charge is 0.282 e. The van der Waals surface area contributed by atoms with Crippen LogP contribution >= 0.6 is 0 Å². The number of amides is 2. The maximum Gasteiger partial charge on any atom is 0.282 e. The van der Waals surface area contributed by atoms with E-state index >= 15 is 0 Å². The second kappa shape index (κ2) is 10.2. The lowest BCUT2D eigenvalue weighted by Crippen LogP contribution is -2.51. The van der Waals surface area contributed by atoms with Crippen molar-refractivity contribution in [2.75, 3.05) is 45.8 Å². The van der Waals surface area contributed by atoms with Crippen LogP contribution in [0.15, 0.2) is 47.5 Å². The zero-order chi connectivity index (χ0) is 24.2. The number of para-hydroxylation sites is 1. The van der Waals surface area contributed by atoms with Crippen molar-refractivity contribution in [3.63, 3.8) is 0 Å². The molecular weight excluding hydrogens is 432 g/mol. The van der Waals surface area contributed by atoms with Crippen molar-refractivity contribution < 1.29 is 9.59 Å². The molecule has 1 saturated heterocycles. The van der Waals surface area contributed by atoms with Crippen molar-refractivity contribution >= 4 is 11.8 Å². The number of likely N-dealkylation sites (N-methyl/N-ethyl adjacent to an activating group) is 1. The molecule has 34 heavy (non-hydrogen) atoms. The minimum atomic E-state index is -0.238. The molecule has 3 aliphatic rings. The molecule has 0 aliphatic carbocycles. The van der Waals surface area contributed by atoms with Gasteiger partial charge in [-0.05, 0) is 32.9 Å². The number of carbonyl (C=O) groups excluding carboxylic acids is 2. The Balaban J connectivity index is 1.56. The monoisotopic (exact) mass is 464 g/mol. The molecule has 3 heterocycles. The average molecular weight is 465 g/mol. The largest absolute Gasteiger partial charge is 0.353 e. The number of fused-ring (bicyclic) bond motifs is 1. The third-order valence-corrected chi connectivity index (χ3v) is 6.45. The fourth-order valence-electron chi connectivity index (χ4n) is 4.39. The van der Waals surface area contributed by atoms with Crippen LogP contribution in [0.2, 0.25) is 0 Å². The van der Waals surface area contributed by atoms with Crippen LogP contribution in [0.4, 0.5) is 0 Å². The maximum absolute atomic E-state index is 13.5. The van der Waals surface area contributed by atoms with E-state index in [2.05, 4.69) is 10.00 Å². The highest BCUT2D eigenvalue weighted by atomic mass is 16.2. The highest BCUT2D eigenvalue weighted by Crippen LogP contribution is 2.24. The number of rotatable bonds is 7. The van der Waals surface area contributed by atoms with E-state index in [4.69, 9.17) is 0 Å². The fourth-order valence-corrected chi connectivity index (χ4v) is 4.39. The summed E-state index contributed by atoms with van der Waals surface area (Å²) >= 11 is 0. The average Bonchev–Trinajstić information content (AvgIpc) is 3.21. The van der Waals surface area contributed by atoms with Crippen LogP contribution in [0.3, 0.4) is 0 Å². The van der Waals surface area contributed by atoms with Gasteiger partial charge in [0, 0.05) is 58.2 Å². The van der Waals surface area contributed by atoms with Crippen LogP contribution in [0.1, 0.15) is 31.1 Å². The van der Waals surface area contributed by atoms with Gasteiger partial charge in [0.15, 0.2) is 0 Å². The van der Waals surface area contributed by atoms with Gasteiger partial charge in [-0.25, -0.2) is 0 Å². The van der Waals surface area contributed by atoms with Crippen molar-refractivity contribution in [3.8, 4) is 16.9 Å². The molecule has 1 aromatic carbocycles. The number of nitrogens with zero attached hydrogens (tertiary/aromatic N) is 6. The highest BCUT2D eigenvalue weighted by Gasteiger charge is 2.29. The van der Waals surface area contributed by atoms with Gasteiger partial charge in [-0.15, -0.1) is 0 Å². The minimum absolute atomic E-state index is 0.118. The van der Waals surface area contributed by atoms with Gasteiger partial charge in [0.2, 0.25) is 5.91 Å². The predicted molar refractivity (Wildman–Crippen MR) is 130 cm³/mol. The Labute approximate surface area is 199 Å². The molecule has 0 unspecified atom stereocenters. The summed E-state index contributed by atoms with van der Waals surface area (Å²) in [5.41, 5.74) is 1.70. The van der Waals surface area contributed by atoms with Gasteiger partial charge in [-0.1, -0.05) is 18.2 Å². The number of aryl methyl sites for hydroxylation is 1. The van der Waals surface area contributed by atoms with Crippen LogP contribution in [0.5, 0.6) is 0 Å². The summed E-state index contributed by atoms with van der Waals surface area (Å²) in [6, 6.07) is 9.23. The number of benzene rings is 1. The maximum atomic E-state index is 13.5. The molecule has 0 atom stereocenters. The normalized spacial score (nSPS) is 14.5. The van der Waals surface area contributed by atoms with E-state index in [9.17, 15) is 14.4 Å². The summed E-state index contributed by atoms with van der Waals surface area (Å²) < 4.78 is 3.21. The third kappa shape index (κ3) is 4.61. The quantitative estimate of drug-likeness (QED) is 0.532. The summed E-state index contributed by atoms with van der Waals surface area (Å²) in [4.78, 5) is 44.8. The summed E-state index contributed by atoms with van der Waals surface area (Å²) in [7, 11) is 0. The topological polar surface area (TPSA) is 83.7 Å². The van der Waals surface area contributed by atoms with Crippen LogP contribution in [-0.4, -0.2) is 86.7 Å². The van der Waals surface area contributed by atoms with Crippen molar-refractivity contribution in [3.05, 3.63) is 58.6 Å². The molecule has 4 rings (SSSR count). The number of piperazine rings is 1. The molecule has 180 valence electrons. The molecule has 9 heteroatoms. The zero-order valence-electron chi connectivity index (χ0n) is 20.1. The molecular formula is C25H32N6O3. The summed E-state index contributed by atoms with van der Waals surface area (Å²) in [5, 5.41) is 4.55. The SMILES string of the molecule is CCN(CC)C(=O)CN1CCN(C(=O)c2cn(CC)cc3c(=O)n(-c4ccccc4)nc2-3)CC1. The lowest BCUT2D eigenvalue weighted by Gasteiger charge is -2.35. The molecule has 0 aromatic heterocycles. The van der Waals surface area contributed by atoms with Gasteiger partial charge in [-0.2, -0.15) is 9.78 Å². The van der Waals surface area contributed by atoms with Crippen molar-refractivity contribution in [1.29, 1.82) is 0 Å². The van der Waals surface area contributed by atoms with Crippen LogP contribution < -0.4 is 5.56 Å². The van der Waals surface area contributed by atoms with E-state index in [0.29, 0.717) is 74.9 Å². The van der Waals surface area contributed by atoms with E-state index < -0.39 is 0 Å². The number of aromatic nitrogens is 3. The molecule has 2 amide bonds. The summed E-state index contributed by atoms with van der Waals surface area (Å²) in [6.45, 7) is 10.6. The Hall–Kier alpha value is -3.46. The molecule has 0 bridgehead atoms. The lowest BCUT2D eigenvalue weighted by molar-refractivity contribution is -0.132. The first-order valence-electron chi connectivity index (χ1n) is 11.9. The number of pyridine rings is 1. The standard InChI is InChI=1S/C25H32N6O3/c1-4-27-16-20(23-21(17-27)25(34)31(26-23)19-10-8-7-9-11-19)24(33)30-14-12-28(13-15-30)18-22(32)29(5-2)6-3/h7-11,16-17H,4-6,12-15,18H2,1-3H3. The fraction of sp³-hybridized carbons (Fsp3) is 0.440. The Morgan fingerprint density at radius 2 is 1.65 bits per heavy atom. The van der Waals surface area contributed by atoms with Crippen LogP contribution in [0, 0.1) is 0 Å². The Kier molecular flexibility index (Phi) is 7.12. The second-order valence-electron chi connectivity index (χ2n) is 8.45. The molecule has 0 spiro atoms. The van der Waals surface area contributed by atoms with Gasteiger partial charge in [0.25, 0.3) is 11.5 Å². The van der Waals surface area contributed by atoms with Gasteiger partial charge in [0.05, 0.1) is 23.4 Å². The van der Waals surface area contributed by atoms with E-state index in [1.165, 1.54) is 4.68 Å². The van der Waals surface area contributed by atoms with Crippen molar-refractivity contribution in [2.24, 2.45) is 0 Å². The van der Waals surface area contributed by atoms with E-state index in [1.54, 1.807) is 17.3 Å². The molecule has 3 aliphatic heterocycles. The van der Waals surface area contributed by atoms with Crippen LogP contribution in [-0.2, 0) is 11.3 Å². The summed E-state index contributed by atoms with van der Waals surface area (Å²) in [6.07, 6.45) is 3.54. The predicted octanol–water partition coefficient (Wildman–Crippen LogP) is 1.78. The minimum Gasteiger partial charge on any atom is -0.353 e. The number of hydrogen-bond acceptors (Lipinski definition) is 5. The molecule has 1 aromatic rings. The molecule has 9 nitrogen and oxygen atoms in total. The Bertz CT molecular complexity index is 1170. The lowest BCUT2D eigenvalue weighted by atomic mass is 10.1. The summed E-state index contributed by atoms with van der Waals surface area (Å²) in [5.74, 6) is -0.0202. The van der Waals surface area contributed by atoms with Crippen LogP contribution in [0.25, 0.3) is 16.9 Å². The van der Waals surface area contributed by atoms with Gasteiger partial charge < -0.3 is 14.4 Å². The van der Waals surface area contributed by atoms with Crippen molar-refractivity contribution in [1.82, 2.24) is 29.0 Å². The van der Waals surface area contributed by atoms with Gasteiger partial charge in [0.1, 0.15) is 5.69 Å². The first-order valence-corrected chi connectivity index (χ1v) is 11.9.